The fourth-order valence-electron chi connectivity index (χ4n) is 2.01. The second-order valence-electron chi connectivity index (χ2n) is 4.09. The summed E-state index contributed by atoms with van der Waals surface area (Å²) >= 11 is 5.78. The van der Waals surface area contributed by atoms with Gasteiger partial charge in [-0.2, -0.15) is 17.0 Å². The first-order valence-corrected chi connectivity index (χ1v) is 7.80. The molecular formula is C10H21ClN2O2S. The maximum absolute atomic E-state index is 12.2. The molecule has 1 rings (SSSR count). The Labute approximate surface area is 104 Å². The van der Waals surface area contributed by atoms with Crippen LogP contribution in [0.25, 0.3) is 0 Å². The fourth-order valence-corrected chi connectivity index (χ4v) is 3.97. The number of halogens is 1. The van der Waals surface area contributed by atoms with E-state index in [4.69, 9.17) is 11.6 Å². The van der Waals surface area contributed by atoms with Crippen molar-refractivity contribution in [3.63, 3.8) is 0 Å². The molecule has 0 aromatic heterocycles. The van der Waals surface area contributed by atoms with Crippen LogP contribution >= 0.6 is 11.6 Å². The molecule has 96 valence electrons. The van der Waals surface area contributed by atoms with Crippen molar-refractivity contribution in [2.45, 2.75) is 26.7 Å². The van der Waals surface area contributed by atoms with Crippen LogP contribution in [-0.4, -0.2) is 49.1 Å². The van der Waals surface area contributed by atoms with Gasteiger partial charge in [0.2, 0.25) is 0 Å². The Balaban J connectivity index is 2.64. The van der Waals surface area contributed by atoms with E-state index < -0.39 is 10.2 Å². The van der Waals surface area contributed by atoms with Crippen molar-refractivity contribution in [3.8, 4) is 0 Å². The molecule has 0 saturated carbocycles. The lowest BCUT2D eigenvalue weighted by Gasteiger charge is -2.33. The van der Waals surface area contributed by atoms with Crippen molar-refractivity contribution < 1.29 is 8.42 Å². The van der Waals surface area contributed by atoms with E-state index in [1.165, 1.54) is 4.31 Å². The summed E-state index contributed by atoms with van der Waals surface area (Å²) in [4.78, 5) is 0. The number of alkyl halides is 1. The molecule has 1 heterocycles. The zero-order chi connectivity index (χ0) is 12.2. The van der Waals surface area contributed by atoms with Crippen molar-refractivity contribution >= 4 is 21.8 Å². The molecule has 4 nitrogen and oxygen atoms in total. The zero-order valence-electron chi connectivity index (χ0n) is 10.0. The molecule has 0 spiro atoms. The highest BCUT2D eigenvalue weighted by atomic mass is 35.5. The third-order valence-corrected chi connectivity index (χ3v) is 5.77. The lowest BCUT2D eigenvalue weighted by Crippen LogP contribution is -2.47. The largest absolute Gasteiger partial charge is 0.281 e. The molecule has 0 amide bonds. The summed E-state index contributed by atoms with van der Waals surface area (Å²) < 4.78 is 27.4. The van der Waals surface area contributed by atoms with E-state index in [2.05, 4.69) is 0 Å². The van der Waals surface area contributed by atoms with Crippen LogP contribution in [0.2, 0.25) is 0 Å². The highest BCUT2D eigenvalue weighted by Gasteiger charge is 2.30. The topological polar surface area (TPSA) is 40.6 Å². The molecular weight excluding hydrogens is 248 g/mol. The maximum Gasteiger partial charge on any atom is 0.281 e. The molecule has 0 atom stereocenters. The molecule has 16 heavy (non-hydrogen) atoms. The Morgan fingerprint density at radius 2 is 1.75 bits per heavy atom. The van der Waals surface area contributed by atoms with Gasteiger partial charge in [0.1, 0.15) is 0 Å². The van der Waals surface area contributed by atoms with Crippen LogP contribution in [0.5, 0.6) is 0 Å². The molecule has 0 aromatic rings. The Bertz CT molecular complexity index is 296. The maximum atomic E-state index is 12.2. The monoisotopic (exact) mass is 268 g/mol. The second kappa shape index (κ2) is 6.19. The number of piperidine rings is 1. The highest BCUT2D eigenvalue weighted by molar-refractivity contribution is 7.86. The van der Waals surface area contributed by atoms with Gasteiger partial charge in [0.15, 0.2) is 0 Å². The van der Waals surface area contributed by atoms with Crippen molar-refractivity contribution in [2.75, 3.05) is 32.1 Å². The van der Waals surface area contributed by atoms with Gasteiger partial charge in [-0.05, 0) is 18.8 Å². The van der Waals surface area contributed by atoms with Gasteiger partial charge < -0.3 is 0 Å². The molecule has 1 fully saturated rings. The van der Waals surface area contributed by atoms with Gasteiger partial charge in [0.05, 0.1) is 0 Å². The highest BCUT2D eigenvalue weighted by Crippen LogP contribution is 2.21. The van der Waals surface area contributed by atoms with Crippen molar-refractivity contribution in [1.29, 1.82) is 0 Å². The van der Waals surface area contributed by atoms with Crippen LogP contribution in [0.4, 0.5) is 0 Å². The van der Waals surface area contributed by atoms with Gasteiger partial charge in [-0.1, -0.05) is 13.8 Å². The lowest BCUT2D eigenvalue weighted by atomic mass is 10.0. The van der Waals surface area contributed by atoms with E-state index >= 15 is 0 Å². The third-order valence-electron chi connectivity index (χ3n) is 3.15. The SMILES string of the molecule is CCN(CC)S(=O)(=O)N1CCC(CCl)CC1. The zero-order valence-corrected chi connectivity index (χ0v) is 11.6. The number of hydrogen-bond donors (Lipinski definition) is 0. The summed E-state index contributed by atoms with van der Waals surface area (Å²) in [6.45, 7) is 6.02. The third kappa shape index (κ3) is 3.09. The predicted octanol–water partition coefficient (Wildman–Crippen LogP) is 1.52. The summed E-state index contributed by atoms with van der Waals surface area (Å²) in [5.41, 5.74) is 0. The predicted molar refractivity (Wildman–Crippen MR) is 66.9 cm³/mol. The molecule has 1 aliphatic rings. The standard InChI is InChI=1S/C10H21ClN2O2S/c1-3-12(4-2)16(14,15)13-7-5-10(9-11)6-8-13/h10H,3-9H2,1-2H3. The molecule has 0 unspecified atom stereocenters. The Hall–Kier alpha value is 0.160. The first-order valence-electron chi connectivity index (χ1n) is 5.87. The molecule has 0 aromatic carbocycles. The van der Waals surface area contributed by atoms with E-state index in [0.717, 1.165) is 12.8 Å². The van der Waals surface area contributed by atoms with Gasteiger partial charge in [0, 0.05) is 32.1 Å². The van der Waals surface area contributed by atoms with E-state index in [1.54, 1.807) is 4.31 Å². The average molecular weight is 269 g/mol. The minimum Gasteiger partial charge on any atom is -0.195 e. The van der Waals surface area contributed by atoms with Crippen LogP contribution < -0.4 is 0 Å². The second-order valence-corrected chi connectivity index (χ2v) is 6.33. The van der Waals surface area contributed by atoms with Gasteiger partial charge >= 0.3 is 0 Å². The molecule has 1 aliphatic heterocycles. The van der Waals surface area contributed by atoms with Gasteiger partial charge in [-0.3, -0.25) is 0 Å². The molecule has 1 saturated heterocycles. The van der Waals surface area contributed by atoms with Crippen molar-refractivity contribution in [2.24, 2.45) is 5.92 Å². The molecule has 0 radical (unpaired) electrons. The molecule has 0 bridgehead atoms. The van der Waals surface area contributed by atoms with Gasteiger partial charge in [0.25, 0.3) is 10.2 Å². The number of hydrogen-bond acceptors (Lipinski definition) is 2. The average Bonchev–Trinajstić information content (AvgIpc) is 2.30. The van der Waals surface area contributed by atoms with Crippen LogP contribution in [0, 0.1) is 5.92 Å². The molecule has 0 N–H and O–H groups in total. The van der Waals surface area contributed by atoms with Crippen LogP contribution in [0.15, 0.2) is 0 Å². The number of nitrogens with zero attached hydrogens (tertiary/aromatic N) is 2. The quantitative estimate of drug-likeness (QED) is 0.710. The summed E-state index contributed by atoms with van der Waals surface area (Å²) in [5.74, 6) is 1.11. The Kier molecular flexibility index (Phi) is 5.50. The first kappa shape index (κ1) is 14.2. The number of rotatable bonds is 5. The Morgan fingerprint density at radius 1 is 1.25 bits per heavy atom. The van der Waals surface area contributed by atoms with Gasteiger partial charge in [-0.15, -0.1) is 11.6 Å². The normalized spacial score (nSPS) is 20.5. The van der Waals surface area contributed by atoms with Crippen LogP contribution in [-0.2, 0) is 10.2 Å². The summed E-state index contributed by atoms with van der Waals surface area (Å²) in [6.07, 6.45) is 1.76. The minimum atomic E-state index is -3.23. The van der Waals surface area contributed by atoms with Gasteiger partial charge in [-0.25, -0.2) is 0 Å². The Morgan fingerprint density at radius 3 is 2.12 bits per heavy atom. The van der Waals surface area contributed by atoms with E-state index in [9.17, 15) is 8.42 Å². The van der Waals surface area contributed by atoms with Crippen LogP contribution in [0.3, 0.4) is 0 Å². The van der Waals surface area contributed by atoms with Crippen molar-refractivity contribution in [3.05, 3.63) is 0 Å². The molecule has 6 heteroatoms. The fraction of sp³-hybridized carbons (Fsp3) is 1.00. The van der Waals surface area contributed by atoms with E-state index in [-0.39, 0.29) is 0 Å². The summed E-state index contributed by atoms with van der Waals surface area (Å²) in [7, 11) is -3.23. The smallest absolute Gasteiger partial charge is 0.195 e. The van der Waals surface area contributed by atoms with E-state index in [1.807, 2.05) is 13.8 Å². The molecule has 0 aliphatic carbocycles. The van der Waals surface area contributed by atoms with Crippen molar-refractivity contribution in [1.82, 2.24) is 8.61 Å². The lowest BCUT2D eigenvalue weighted by molar-refractivity contribution is 0.269. The van der Waals surface area contributed by atoms with Crippen LogP contribution in [0.1, 0.15) is 26.7 Å². The van der Waals surface area contributed by atoms with E-state index in [0.29, 0.717) is 38.0 Å². The minimum absolute atomic E-state index is 0.477. The summed E-state index contributed by atoms with van der Waals surface area (Å²) in [5, 5.41) is 0. The first-order chi connectivity index (χ1) is 7.56. The summed E-state index contributed by atoms with van der Waals surface area (Å²) in [6, 6.07) is 0.